The Morgan fingerprint density at radius 1 is 0.789 bits per heavy atom. The summed E-state index contributed by atoms with van der Waals surface area (Å²) in [6.07, 6.45) is 0. The zero-order valence-electron chi connectivity index (χ0n) is 13.2. The molecule has 1 N–H and O–H groups in total. The quantitative estimate of drug-likeness (QED) is 0.719. The van der Waals surface area contributed by atoms with E-state index in [2.05, 4.69) is 5.32 Å². The van der Waals surface area contributed by atoms with E-state index >= 15 is 0 Å². The van der Waals surface area contributed by atoms with Crippen molar-refractivity contribution in [3.05, 3.63) is 0 Å². The minimum Gasteiger partial charge on any atom is -0.342 e. The van der Waals surface area contributed by atoms with Crippen LogP contribution < -0.4 is 5.32 Å². The molecule has 0 bridgehead atoms. The molecule has 0 aliphatic heterocycles. The van der Waals surface area contributed by atoms with Crippen LogP contribution in [0.4, 0.5) is 0 Å². The molecule has 2 unspecified atom stereocenters. The van der Waals surface area contributed by atoms with Gasteiger partial charge < -0.3 is 9.80 Å². The molecule has 0 saturated heterocycles. The lowest BCUT2D eigenvalue weighted by Gasteiger charge is -2.28. The molecule has 0 aliphatic rings. The zero-order valence-corrected chi connectivity index (χ0v) is 13.2. The lowest BCUT2D eigenvalue weighted by molar-refractivity contribution is -0.135. The summed E-state index contributed by atoms with van der Waals surface area (Å²) >= 11 is 0. The lowest BCUT2D eigenvalue weighted by Crippen LogP contribution is -2.52. The van der Waals surface area contributed by atoms with Crippen molar-refractivity contribution in [2.45, 2.75) is 53.6 Å². The number of nitrogens with one attached hydrogen (secondary N) is 1. The van der Waals surface area contributed by atoms with Crippen molar-refractivity contribution < 1.29 is 9.59 Å². The Kier molecular flexibility index (Phi) is 8.39. The molecule has 19 heavy (non-hydrogen) atoms. The summed E-state index contributed by atoms with van der Waals surface area (Å²) in [6.45, 7) is 14.2. The number of amides is 2. The van der Waals surface area contributed by atoms with E-state index in [-0.39, 0.29) is 23.9 Å². The topological polar surface area (TPSA) is 52.7 Å². The van der Waals surface area contributed by atoms with E-state index in [9.17, 15) is 9.59 Å². The molecule has 0 aromatic carbocycles. The van der Waals surface area contributed by atoms with Gasteiger partial charge in [0.25, 0.3) is 0 Å². The highest BCUT2D eigenvalue weighted by Gasteiger charge is 2.24. The van der Waals surface area contributed by atoms with Crippen molar-refractivity contribution in [3.63, 3.8) is 0 Å². The Bertz CT molecular complexity index is 258. The van der Waals surface area contributed by atoms with Crippen LogP contribution in [0.5, 0.6) is 0 Å². The summed E-state index contributed by atoms with van der Waals surface area (Å²) in [5, 5.41) is 3.10. The lowest BCUT2D eigenvalue weighted by atomic mass is 10.2. The Morgan fingerprint density at radius 3 is 1.26 bits per heavy atom. The molecule has 0 saturated carbocycles. The van der Waals surface area contributed by atoms with Gasteiger partial charge in [0.05, 0.1) is 12.1 Å². The third kappa shape index (κ3) is 5.19. The van der Waals surface area contributed by atoms with Crippen LogP contribution in [0.1, 0.15) is 41.5 Å². The van der Waals surface area contributed by atoms with Crippen LogP contribution in [0.15, 0.2) is 0 Å². The summed E-state index contributed by atoms with van der Waals surface area (Å²) in [7, 11) is 0. The molecule has 5 heteroatoms. The van der Waals surface area contributed by atoms with Crippen molar-refractivity contribution in [2.75, 3.05) is 26.2 Å². The molecule has 0 heterocycles. The second-order valence-electron chi connectivity index (χ2n) is 4.63. The molecule has 0 spiro atoms. The van der Waals surface area contributed by atoms with Crippen LogP contribution in [0.25, 0.3) is 0 Å². The van der Waals surface area contributed by atoms with Gasteiger partial charge >= 0.3 is 0 Å². The van der Waals surface area contributed by atoms with E-state index in [1.807, 2.05) is 41.5 Å². The number of nitrogens with zero attached hydrogens (tertiary/aromatic N) is 2. The van der Waals surface area contributed by atoms with Crippen molar-refractivity contribution >= 4 is 11.8 Å². The number of rotatable bonds is 8. The molecule has 0 aromatic rings. The zero-order chi connectivity index (χ0) is 15.0. The first-order valence-corrected chi connectivity index (χ1v) is 7.26. The maximum absolute atomic E-state index is 12.1. The van der Waals surface area contributed by atoms with Crippen LogP contribution in [0.2, 0.25) is 0 Å². The monoisotopic (exact) mass is 271 g/mol. The summed E-state index contributed by atoms with van der Waals surface area (Å²) in [5.41, 5.74) is 0. The van der Waals surface area contributed by atoms with E-state index in [4.69, 9.17) is 0 Å². The molecule has 2 atom stereocenters. The predicted octanol–water partition coefficient (Wildman–Crippen LogP) is 1.09. The van der Waals surface area contributed by atoms with Crippen molar-refractivity contribution in [1.82, 2.24) is 15.1 Å². The van der Waals surface area contributed by atoms with Gasteiger partial charge in [0.15, 0.2) is 0 Å². The molecule has 0 fully saturated rings. The van der Waals surface area contributed by atoms with E-state index < -0.39 is 0 Å². The summed E-state index contributed by atoms with van der Waals surface area (Å²) < 4.78 is 0. The molecule has 112 valence electrons. The maximum Gasteiger partial charge on any atom is 0.239 e. The smallest absolute Gasteiger partial charge is 0.239 e. The van der Waals surface area contributed by atoms with Gasteiger partial charge in [0.1, 0.15) is 0 Å². The van der Waals surface area contributed by atoms with E-state index in [0.29, 0.717) is 26.2 Å². The maximum atomic E-state index is 12.1. The van der Waals surface area contributed by atoms with Crippen molar-refractivity contribution in [3.8, 4) is 0 Å². The van der Waals surface area contributed by atoms with Crippen molar-refractivity contribution in [1.29, 1.82) is 0 Å². The molecule has 0 aromatic heterocycles. The van der Waals surface area contributed by atoms with Gasteiger partial charge in [-0.3, -0.25) is 14.9 Å². The van der Waals surface area contributed by atoms with E-state index in [0.717, 1.165) is 0 Å². The number of likely N-dealkylation sites (N-methyl/N-ethyl adjacent to an activating group) is 2. The van der Waals surface area contributed by atoms with Gasteiger partial charge in [0.2, 0.25) is 11.8 Å². The summed E-state index contributed by atoms with van der Waals surface area (Å²) in [5.74, 6) is 0.0911. The second kappa shape index (κ2) is 8.91. The fraction of sp³-hybridized carbons (Fsp3) is 0.857. The molecule has 0 rings (SSSR count). The second-order valence-corrected chi connectivity index (χ2v) is 4.63. The number of hydrogen-bond donors (Lipinski definition) is 1. The van der Waals surface area contributed by atoms with E-state index in [1.54, 1.807) is 9.80 Å². The third-order valence-corrected chi connectivity index (χ3v) is 3.39. The highest BCUT2D eigenvalue weighted by molar-refractivity contribution is 5.85. The predicted molar refractivity (Wildman–Crippen MR) is 77.9 cm³/mol. The van der Waals surface area contributed by atoms with Gasteiger partial charge in [-0.2, -0.15) is 0 Å². The Balaban J connectivity index is 4.51. The average molecular weight is 271 g/mol. The van der Waals surface area contributed by atoms with Gasteiger partial charge in [-0.05, 0) is 41.5 Å². The molecule has 0 aliphatic carbocycles. The SMILES string of the molecule is CCN(CC)C(=O)C(C)NC(C)C(=O)N(CC)CC. The first-order valence-electron chi connectivity index (χ1n) is 7.26. The van der Waals surface area contributed by atoms with E-state index in [1.165, 1.54) is 0 Å². The first kappa shape index (κ1) is 17.9. The molecular formula is C14H29N3O2. The first-order chi connectivity index (χ1) is 8.92. The van der Waals surface area contributed by atoms with Crippen LogP contribution in [-0.2, 0) is 9.59 Å². The molecule has 5 nitrogen and oxygen atoms in total. The van der Waals surface area contributed by atoms with Gasteiger partial charge in [0, 0.05) is 26.2 Å². The van der Waals surface area contributed by atoms with Crippen LogP contribution in [0.3, 0.4) is 0 Å². The standard InChI is InChI=1S/C14H29N3O2/c1-7-16(8-2)13(18)11(5)15-12(6)14(19)17(9-3)10-4/h11-12,15H,7-10H2,1-6H3. The summed E-state index contributed by atoms with van der Waals surface area (Å²) in [6, 6.07) is -0.677. The Hall–Kier alpha value is -1.10. The van der Waals surface area contributed by atoms with Gasteiger partial charge in [-0.15, -0.1) is 0 Å². The Morgan fingerprint density at radius 2 is 1.05 bits per heavy atom. The minimum absolute atomic E-state index is 0.0456. The molecule has 2 amide bonds. The third-order valence-electron chi connectivity index (χ3n) is 3.39. The van der Waals surface area contributed by atoms with Crippen LogP contribution >= 0.6 is 0 Å². The fourth-order valence-electron chi connectivity index (χ4n) is 2.14. The number of hydrogen-bond acceptors (Lipinski definition) is 3. The Labute approximate surface area is 117 Å². The number of carbonyl (C=O) groups is 2. The number of carbonyl (C=O) groups excluding carboxylic acids is 2. The molecule has 0 radical (unpaired) electrons. The van der Waals surface area contributed by atoms with Gasteiger partial charge in [-0.25, -0.2) is 0 Å². The van der Waals surface area contributed by atoms with Crippen LogP contribution in [0, 0.1) is 0 Å². The van der Waals surface area contributed by atoms with Crippen LogP contribution in [-0.4, -0.2) is 59.9 Å². The normalized spacial score (nSPS) is 13.8. The summed E-state index contributed by atoms with van der Waals surface area (Å²) in [4.78, 5) is 27.8. The van der Waals surface area contributed by atoms with Crippen molar-refractivity contribution in [2.24, 2.45) is 0 Å². The highest BCUT2D eigenvalue weighted by Crippen LogP contribution is 2.00. The minimum atomic E-state index is -0.339. The average Bonchev–Trinajstić information content (AvgIpc) is 2.40. The highest BCUT2D eigenvalue weighted by atomic mass is 16.2. The van der Waals surface area contributed by atoms with Gasteiger partial charge in [-0.1, -0.05) is 0 Å². The largest absolute Gasteiger partial charge is 0.342 e. The molecular weight excluding hydrogens is 242 g/mol. The fourth-order valence-corrected chi connectivity index (χ4v) is 2.14.